The maximum absolute atomic E-state index is 3.86. The van der Waals surface area contributed by atoms with Crippen molar-refractivity contribution < 1.29 is 17.1 Å². The molecule has 0 aliphatic rings. The Balaban J connectivity index is 0.000000191. The number of rotatable bonds is 2. The molecule has 0 aliphatic heterocycles. The Bertz CT molecular complexity index is 1110. The van der Waals surface area contributed by atoms with E-state index in [0.717, 1.165) is 0 Å². The first kappa shape index (κ1) is 22.2. The van der Waals surface area contributed by atoms with E-state index in [-0.39, 0.29) is 17.1 Å². The summed E-state index contributed by atoms with van der Waals surface area (Å²) in [7, 11) is 0. The number of hydrogen-bond acceptors (Lipinski definition) is 0. The van der Waals surface area contributed by atoms with Crippen LogP contribution in [-0.4, -0.2) is 0 Å². The van der Waals surface area contributed by atoms with Crippen molar-refractivity contribution in [1.82, 2.24) is 0 Å². The van der Waals surface area contributed by atoms with Crippen LogP contribution in [0.1, 0.15) is 11.1 Å². The van der Waals surface area contributed by atoms with Gasteiger partial charge in [-0.2, -0.15) is 18.7 Å². The molecule has 0 saturated carbocycles. The van der Waals surface area contributed by atoms with Gasteiger partial charge in [0.05, 0.1) is 0 Å². The standard InChI is InChI=1S/C16H12.C7H7.C5H5.Fe/c1-2-12-8-5-9-15-10-13-6-3-4-7-14(13)11-16(12)15;1-2-7-5-3-4-6-7;1-2-4-5-3-1;/h2-11H,1H2;2-6H,1H2;1-5H;/q;-1;-5;. The Kier molecular flexibility index (Phi) is 8.92. The minimum Gasteiger partial charge on any atom is -0.748 e. The van der Waals surface area contributed by atoms with E-state index in [9.17, 15) is 0 Å². The van der Waals surface area contributed by atoms with Crippen LogP contribution < -0.4 is 0 Å². The van der Waals surface area contributed by atoms with Crippen molar-refractivity contribution in [2.24, 2.45) is 0 Å². The number of benzene rings is 3. The van der Waals surface area contributed by atoms with Crippen LogP contribution in [0.5, 0.6) is 0 Å². The Morgan fingerprint density at radius 3 is 1.72 bits per heavy atom. The molecule has 5 aromatic rings. The minimum absolute atomic E-state index is 0. The smallest absolute Gasteiger partial charge is 0 e. The predicted molar refractivity (Wildman–Crippen MR) is 126 cm³/mol. The van der Waals surface area contributed by atoms with Crippen LogP contribution >= 0.6 is 0 Å². The molecule has 0 unspecified atom stereocenters. The second kappa shape index (κ2) is 11.7. The molecule has 5 rings (SSSR count). The summed E-state index contributed by atoms with van der Waals surface area (Å²) in [4.78, 5) is 0. The van der Waals surface area contributed by atoms with Crippen molar-refractivity contribution in [3.8, 4) is 0 Å². The van der Waals surface area contributed by atoms with Gasteiger partial charge in [-0.25, -0.2) is 0 Å². The van der Waals surface area contributed by atoms with E-state index in [0.29, 0.717) is 0 Å². The molecule has 0 nitrogen and oxygen atoms in total. The molecule has 0 fully saturated rings. The summed E-state index contributed by atoms with van der Waals surface area (Å²) < 4.78 is 0. The second-order valence-corrected chi connectivity index (χ2v) is 6.36. The SMILES string of the molecule is C=C[c-]1cccc1.C=Cc1cccc2cc3ccccc3cc12.[Fe].[cH-]1[cH-][cH-][cH-][cH-]1. The van der Waals surface area contributed by atoms with E-state index < -0.39 is 0 Å². The maximum Gasteiger partial charge on any atom is 0 e. The molecule has 150 valence electrons. The Hall–Kier alpha value is -3.12. The quantitative estimate of drug-likeness (QED) is 0.155. The van der Waals surface area contributed by atoms with Gasteiger partial charge < -0.3 is 30.3 Å². The third kappa shape index (κ3) is 6.19. The van der Waals surface area contributed by atoms with E-state index in [1.54, 1.807) is 0 Å². The van der Waals surface area contributed by atoms with Crippen molar-refractivity contribution >= 4 is 33.7 Å². The van der Waals surface area contributed by atoms with Gasteiger partial charge in [0.15, 0.2) is 0 Å². The van der Waals surface area contributed by atoms with E-state index in [4.69, 9.17) is 0 Å². The molecular formula is C28H24Fe-6. The zero-order valence-corrected chi connectivity index (χ0v) is 17.4. The van der Waals surface area contributed by atoms with Gasteiger partial charge in [-0.1, -0.05) is 55.1 Å². The summed E-state index contributed by atoms with van der Waals surface area (Å²) in [5, 5.41) is 5.12. The minimum atomic E-state index is 0. The third-order valence-electron chi connectivity index (χ3n) is 4.48. The fourth-order valence-electron chi connectivity index (χ4n) is 3.01. The maximum atomic E-state index is 3.86. The van der Waals surface area contributed by atoms with Crippen molar-refractivity contribution in [2.45, 2.75) is 0 Å². The Morgan fingerprint density at radius 2 is 1.21 bits per heavy atom. The van der Waals surface area contributed by atoms with Gasteiger partial charge in [0, 0.05) is 17.1 Å². The van der Waals surface area contributed by atoms with Crippen LogP contribution in [0.3, 0.4) is 0 Å². The summed E-state index contributed by atoms with van der Waals surface area (Å²) in [6.07, 6.45) is 3.75. The molecule has 0 bridgehead atoms. The average Bonchev–Trinajstić information content (AvgIpc) is 3.49. The fourth-order valence-corrected chi connectivity index (χ4v) is 3.01. The molecule has 0 heterocycles. The van der Waals surface area contributed by atoms with E-state index in [1.807, 2.05) is 66.7 Å². The first-order chi connectivity index (χ1) is 13.8. The number of hydrogen-bond donors (Lipinski definition) is 0. The van der Waals surface area contributed by atoms with Crippen molar-refractivity contribution in [2.75, 3.05) is 0 Å². The van der Waals surface area contributed by atoms with E-state index >= 15 is 0 Å². The molecule has 1 heteroatoms. The molecule has 0 N–H and O–H groups in total. The molecule has 0 aliphatic carbocycles. The van der Waals surface area contributed by atoms with Crippen LogP contribution in [0.4, 0.5) is 0 Å². The molecule has 0 atom stereocenters. The van der Waals surface area contributed by atoms with Crippen LogP contribution in [0.15, 0.2) is 122 Å². The molecule has 5 aromatic carbocycles. The summed E-state index contributed by atoms with van der Waals surface area (Å²) in [5.41, 5.74) is 2.39. The van der Waals surface area contributed by atoms with E-state index in [2.05, 4.69) is 67.8 Å². The first-order valence-corrected chi connectivity index (χ1v) is 9.36. The largest absolute Gasteiger partial charge is 0.748 e. The van der Waals surface area contributed by atoms with Gasteiger partial charge in [0.1, 0.15) is 0 Å². The van der Waals surface area contributed by atoms with Crippen LogP contribution in [0.2, 0.25) is 0 Å². The zero-order valence-electron chi connectivity index (χ0n) is 16.3. The van der Waals surface area contributed by atoms with Gasteiger partial charge in [-0.3, -0.25) is 0 Å². The Labute approximate surface area is 184 Å². The normalized spacial score (nSPS) is 9.38. The molecule has 0 amide bonds. The monoisotopic (exact) mass is 416 g/mol. The summed E-state index contributed by atoms with van der Waals surface area (Å²) in [5.74, 6) is 0. The summed E-state index contributed by atoms with van der Waals surface area (Å²) in [6.45, 7) is 7.46. The van der Waals surface area contributed by atoms with Gasteiger partial charge in [0.2, 0.25) is 0 Å². The second-order valence-electron chi connectivity index (χ2n) is 6.36. The molecule has 0 spiro atoms. The topological polar surface area (TPSA) is 0 Å². The van der Waals surface area contributed by atoms with Gasteiger partial charge in [-0.05, 0) is 39.2 Å². The van der Waals surface area contributed by atoms with Crippen LogP contribution in [0.25, 0.3) is 33.7 Å². The first-order valence-electron chi connectivity index (χ1n) is 9.36. The van der Waals surface area contributed by atoms with Crippen molar-refractivity contribution in [3.63, 3.8) is 0 Å². The van der Waals surface area contributed by atoms with Crippen LogP contribution in [0, 0.1) is 0 Å². The molecule has 0 saturated heterocycles. The summed E-state index contributed by atoms with van der Waals surface area (Å²) >= 11 is 0. The molecular weight excluding hydrogens is 392 g/mol. The van der Waals surface area contributed by atoms with Gasteiger partial charge >= 0.3 is 0 Å². The predicted octanol–water partition coefficient (Wildman–Crippen LogP) is 8.09. The average molecular weight is 416 g/mol. The van der Waals surface area contributed by atoms with Crippen molar-refractivity contribution in [3.05, 3.63) is 133 Å². The fraction of sp³-hybridized carbons (Fsp3) is 0. The van der Waals surface area contributed by atoms with E-state index in [1.165, 1.54) is 32.7 Å². The number of fused-ring (bicyclic) bond motifs is 2. The molecule has 29 heavy (non-hydrogen) atoms. The zero-order chi connectivity index (χ0) is 19.6. The molecule has 0 radical (unpaired) electrons. The van der Waals surface area contributed by atoms with Crippen LogP contribution in [-0.2, 0) is 17.1 Å². The molecule has 0 aromatic heterocycles. The third-order valence-corrected chi connectivity index (χ3v) is 4.48. The van der Waals surface area contributed by atoms with Crippen molar-refractivity contribution in [1.29, 1.82) is 0 Å². The Morgan fingerprint density at radius 1 is 0.655 bits per heavy atom. The van der Waals surface area contributed by atoms with Gasteiger partial charge in [0.25, 0.3) is 0 Å². The summed E-state index contributed by atoms with van der Waals surface area (Å²) in [6, 6.07) is 37.3. The van der Waals surface area contributed by atoms with Gasteiger partial charge in [-0.15, -0.1) is 23.8 Å².